The molecule has 0 aromatic heterocycles. The van der Waals surface area contributed by atoms with Crippen LogP contribution in [0.25, 0.3) is 0 Å². The number of carbonyl (C=O) groups is 1. The summed E-state index contributed by atoms with van der Waals surface area (Å²) < 4.78 is 0. The summed E-state index contributed by atoms with van der Waals surface area (Å²) in [6.07, 6.45) is -0.412. The average molecular weight is 373 g/mol. The van der Waals surface area contributed by atoms with Gasteiger partial charge in [-0.25, -0.2) is 0 Å². The van der Waals surface area contributed by atoms with Crippen LogP contribution >= 0.6 is 0 Å². The number of anilines is 1. The van der Waals surface area contributed by atoms with Gasteiger partial charge >= 0.3 is 0 Å². The van der Waals surface area contributed by atoms with Gasteiger partial charge in [0.2, 0.25) is 0 Å². The Balaban J connectivity index is 1.73. The molecule has 28 heavy (non-hydrogen) atoms. The number of hydrogen-bond acceptors (Lipinski definition) is 4. The van der Waals surface area contributed by atoms with E-state index in [9.17, 15) is 14.9 Å². The van der Waals surface area contributed by atoms with Crippen molar-refractivity contribution in [2.75, 3.05) is 5.32 Å². The molecule has 140 valence electrons. The van der Waals surface area contributed by atoms with Gasteiger partial charge in [-0.2, -0.15) is 0 Å². The summed E-state index contributed by atoms with van der Waals surface area (Å²) in [5.41, 5.74) is 4.37. The standard InChI is InChI=1S/C22H19N3O3/c1-15-6-8-16(9-7-15)14-24-21(17-10-12-18(13-11-17)25(27)28)23-20-5-3-2-4-19(20)22(24)26/h2-13,21,23H,14H2,1H3/t21-/m0/s1. The number of nitrogens with zero attached hydrogens (tertiary/aromatic N) is 2. The van der Waals surface area contributed by atoms with Crippen molar-refractivity contribution in [3.63, 3.8) is 0 Å². The Bertz CT molecular complexity index is 1030. The molecular weight excluding hydrogens is 354 g/mol. The number of para-hydroxylation sites is 1. The lowest BCUT2D eigenvalue weighted by atomic mass is 10.0. The summed E-state index contributed by atoms with van der Waals surface area (Å²) >= 11 is 0. The highest BCUT2D eigenvalue weighted by atomic mass is 16.6. The van der Waals surface area contributed by atoms with Crippen LogP contribution < -0.4 is 5.32 Å². The minimum Gasteiger partial charge on any atom is -0.361 e. The Morgan fingerprint density at radius 1 is 1.00 bits per heavy atom. The minimum absolute atomic E-state index is 0.0244. The van der Waals surface area contributed by atoms with Crippen molar-refractivity contribution in [3.8, 4) is 0 Å². The molecule has 0 radical (unpaired) electrons. The second-order valence-corrected chi connectivity index (χ2v) is 6.86. The first kappa shape index (κ1) is 17.7. The van der Waals surface area contributed by atoms with Crippen LogP contribution in [-0.4, -0.2) is 15.7 Å². The number of benzene rings is 3. The third-order valence-electron chi connectivity index (χ3n) is 4.92. The summed E-state index contributed by atoms with van der Waals surface area (Å²) in [5.74, 6) is -0.0710. The van der Waals surface area contributed by atoms with Crippen LogP contribution in [0.15, 0.2) is 72.8 Å². The molecule has 1 atom stereocenters. The van der Waals surface area contributed by atoms with Gasteiger partial charge in [0.05, 0.1) is 10.5 Å². The van der Waals surface area contributed by atoms with Crippen LogP contribution in [0.1, 0.15) is 33.2 Å². The fourth-order valence-corrected chi connectivity index (χ4v) is 3.39. The van der Waals surface area contributed by atoms with Gasteiger partial charge in [-0.05, 0) is 42.3 Å². The molecule has 0 saturated carbocycles. The second-order valence-electron chi connectivity index (χ2n) is 6.86. The molecule has 3 aromatic carbocycles. The topological polar surface area (TPSA) is 75.5 Å². The van der Waals surface area contributed by atoms with Crippen LogP contribution in [0.2, 0.25) is 0 Å². The number of amides is 1. The first-order chi connectivity index (χ1) is 13.5. The molecule has 1 N–H and O–H groups in total. The van der Waals surface area contributed by atoms with Crippen LogP contribution in [-0.2, 0) is 6.54 Å². The second kappa shape index (κ2) is 7.15. The summed E-state index contributed by atoms with van der Waals surface area (Å²) in [4.78, 5) is 25.5. The van der Waals surface area contributed by atoms with E-state index in [0.29, 0.717) is 12.1 Å². The van der Waals surface area contributed by atoms with Gasteiger partial charge in [-0.15, -0.1) is 0 Å². The molecule has 6 heteroatoms. The van der Waals surface area contributed by atoms with Crippen LogP contribution in [0, 0.1) is 17.0 Å². The fraction of sp³-hybridized carbons (Fsp3) is 0.136. The van der Waals surface area contributed by atoms with E-state index >= 15 is 0 Å². The van der Waals surface area contributed by atoms with E-state index in [0.717, 1.165) is 22.4 Å². The molecule has 0 unspecified atom stereocenters. The summed E-state index contributed by atoms with van der Waals surface area (Å²) in [6.45, 7) is 2.45. The third-order valence-corrected chi connectivity index (χ3v) is 4.92. The number of nitro benzene ring substituents is 1. The van der Waals surface area contributed by atoms with Gasteiger partial charge in [0.1, 0.15) is 6.17 Å². The number of non-ortho nitro benzene ring substituents is 1. The molecule has 4 rings (SSSR count). The normalized spacial score (nSPS) is 15.7. The van der Waals surface area contributed by atoms with Crippen LogP contribution in [0.4, 0.5) is 11.4 Å². The van der Waals surface area contributed by atoms with E-state index in [-0.39, 0.29) is 11.6 Å². The molecule has 1 heterocycles. The predicted octanol–water partition coefficient (Wildman–Crippen LogP) is 4.67. The molecular formula is C22H19N3O3. The van der Waals surface area contributed by atoms with Crippen molar-refractivity contribution in [2.24, 2.45) is 0 Å². The molecule has 0 aliphatic carbocycles. The zero-order chi connectivity index (χ0) is 19.7. The van der Waals surface area contributed by atoms with Gasteiger partial charge < -0.3 is 10.2 Å². The highest BCUT2D eigenvalue weighted by Crippen LogP contribution is 2.34. The smallest absolute Gasteiger partial charge is 0.269 e. The van der Waals surface area contributed by atoms with Gasteiger partial charge in [0.15, 0.2) is 0 Å². The van der Waals surface area contributed by atoms with Gasteiger partial charge in [-0.1, -0.05) is 42.0 Å². The van der Waals surface area contributed by atoms with Gasteiger partial charge in [0, 0.05) is 24.4 Å². The molecule has 0 fully saturated rings. The van der Waals surface area contributed by atoms with E-state index in [1.807, 2.05) is 49.4 Å². The highest BCUT2D eigenvalue weighted by Gasteiger charge is 2.33. The van der Waals surface area contributed by atoms with Crippen molar-refractivity contribution in [3.05, 3.63) is 105 Å². The molecule has 0 saturated heterocycles. The Morgan fingerprint density at radius 2 is 1.68 bits per heavy atom. The molecule has 1 aliphatic rings. The molecule has 0 bridgehead atoms. The lowest BCUT2D eigenvalue weighted by molar-refractivity contribution is -0.384. The van der Waals surface area contributed by atoms with Gasteiger partial charge in [-0.3, -0.25) is 14.9 Å². The van der Waals surface area contributed by atoms with Crippen molar-refractivity contribution >= 4 is 17.3 Å². The predicted molar refractivity (Wildman–Crippen MR) is 107 cm³/mol. The lowest BCUT2D eigenvalue weighted by Crippen LogP contribution is -2.42. The Labute approximate surface area is 162 Å². The average Bonchev–Trinajstić information content (AvgIpc) is 2.71. The number of fused-ring (bicyclic) bond motifs is 1. The number of rotatable bonds is 4. The largest absolute Gasteiger partial charge is 0.361 e. The van der Waals surface area contributed by atoms with Crippen molar-refractivity contribution in [1.29, 1.82) is 0 Å². The zero-order valence-electron chi connectivity index (χ0n) is 15.3. The highest BCUT2D eigenvalue weighted by molar-refractivity contribution is 6.01. The van der Waals surface area contributed by atoms with Gasteiger partial charge in [0.25, 0.3) is 11.6 Å². The Morgan fingerprint density at radius 3 is 2.36 bits per heavy atom. The molecule has 0 spiro atoms. The SMILES string of the molecule is Cc1ccc(CN2C(=O)c3ccccc3N[C@@H]2c2ccc([N+](=O)[O-])cc2)cc1. The summed E-state index contributed by atoms with van der Waals surface area (Å²) in [7, 11) is 0. The Kier molecular flexibility index (Phi) is 4.53. The van der Waals surface area contributed by atoms with E-state index in [1.165, 1.54) is 12.1 Å². The maximum absolute atomic E-state index is 13.2. The third kappa shape index (κ3) is 3.32. The number of aryl methyl sites for hydroxylation is 1. The molecule has 6 nitrogen and oxygen atoms in total. The van der Waals surface area contributed by atoms with Crippen molar-refractivity contribution < 1.29 is 9.72 Å². The lowest BCUT2D eigenvalue weighted by Gasteiger charge is -2.38. The van der Waals surface area contributed by atoms with Crippen LogP contribution in [0.3, 0.4) is 0 Å². The van der Waals surface area contributed by atoms with Crippen molar-refractivity contribution in [1.82, 2.24) is 4.90 Å². The van der Waals surface area contributed by atoms with E-state index in [1.54, 1.807) is 23.1 Å². The summed E-state index contributed by atoms with van der Waals surface area (Å²) in [5, 5.41) is 14.4. The Hall–Kier alpha value is -3.67. The number of nitrogens with one attached hydrogen (secondary N) is 1. The van der Waals surface area contributed by atoms with Crippen LogP contribution in [0.5, 0.6) is 0 Å². The first-order valence-corrected chi connectivity index (χ1v) is 8.99. The maximum Gasteiger partial charge on any atom is 0.269 e. The van der Waals surface area contributed by atoms with E-state index < -0.39 is 11.1 Å². The fourth-order valence-electron chi connectivity index (χ4n) is 3.39. The monoisotopic (exact) mass is 373 g/mol. The molecule has 1 aliphatic heterocycles. The number of hydrogen-bond donors (Lipinski definition) is 1. The molecule has 3 aromatic rings. The van der Waals surface area contributed by atoms with Crippen molar-refractivity contribution in [2.45, 2.75) is 19.6 Å². The molecule has 1 amide bonds. The summed E-state index contributed by atoms with van der Waals surface area (Å²) in [6, 6.07) is 21.8. The van der Waals surface area contributed by atoms with E-state index in [4.69, 9.17) is 0 Å². The number of carbonyl (C=O) groups excluding carboxylic acids is 1. The zero-order valence-corrected chi connectivity index (χ0v) is 15.3. The quantitative estimate of drug-likeness (QED) is 0.533. The first-order valence-electron chi connectivity index (χ1n) is 8.99. The maximum atomic E-state index is 13.2. The van der Waals surface area contributed by atoms with E-state index in [2.05, 4.69) is 5.32 Å². The number of nitro groups is 1. The minimum atomic E-state index is -0.428.